The maximum absolute atomic E-state index is 12.2. The number of esters is 1. The molecule has 1 aliphatic heterocycles. The van der Waals surface area contributed by atoms with Crippen LogP contribution >= 0.6 is 0 Å². The van der Waals surface area contributed by atoms with Gasteiger partial charge in [0.25, 0.3) is 0 Å². The number of rotatable bonds is 0. The highest BCUT2D eigenvalue weighted by Crippen LogP contribution is 2.82. The Kier molecular flexibility index (Phi) is 2.56. The van der Waals surface area contributed by atoms with Crippen molar-refractivity contribution in [3.8, 4) is 0 Å². The van der Waals surface area contributed by atoms with Gasteiger partial charge in [0.2, 0.25) is 0 Å². The van der Waals surface area contributed by atoms with Crippen molar-refractivity contribution in [3.05, 3.63) is 11.6 Å². The molecule has 6 aliphatic carbocycles. The predicted molar refractivity (Wildman–Crippen MR) is 99.5 cm³/mol. The molecule has 3 nitrogen and oxygen atoms in total. The molecule has 1 saturated heterocycles. The van der Waals surface area contributed by atoms with Crippen LogP contribution in [-0.2, 0) is 14.3 Å². The Morgan fingerprint density at radius 2 is 1.85 bits per heavy atom. The van der Waals surface area contributed by atoms with Gasteiger partial charge in [0.05, 0.1) is 0 Å². The SMILES string of the molecule is C[C@]12CCC(=O)C=C1[C@H]1C[C@H]1[C@H]1[C@@H]3[C@H]4C[C@H]4[C@@]4(CCC(=O)O4)[C@@]3(C)CC[C@@H]12. The molecule has 0 amide bonds. The Labute approximate surface area is 161 Å². The lowest BCUT2D eigenvalue weighted by molar-refractivity contribution is -0.177. The summed E-state index contributed by atoms with van der Waals surface area (Å²) in [5.74, 6) is 5.65. The van der Waals surface area contributed by atoms with Gasteiger partial charge < -0.3 is 4.74 Å². The predicted octanol–water partition coefficient (Wildman–Crippen LogP) is 4.31. The van der Waals surface area contributed by atoms with Crippen LogP contribution in [0.15, 0.2) is 11.6 Å². The van der Waals surface area contributed by atoms with E-state index in [2.05, 4.69) is 19.9 Å². The first-order valence-corrected chi connectivity index (χ1v) is 11.4. The molecular weight excluding hydrogens is 336 g/mol. The zero-order chi connectivity index (χ0) is 18.3. The Morgan fingerprint density at radius 3 is 2.63 bits per heavy atom. The fourth-order valence-corrected chi connectivity index (χ4v) is 9.74. The summed E-state index contributed by atoms with van der Waals surface area (Å²) in [7, 11) is 0. The third-order valence-corrected chi connectivity index (χ3v) is 10.9. The maximum atomic E-state index is 12.2. The lowest BCUT2D eigenvalue weighted by Crippen LogP contribution is -2.57. The summed E-state index contributed by atoms with van der Waals surface area (Å²) in [6.07, 6.45) is 10.6. The van der Waals surface area contributed by atoms with E-state index >= 15 is 0 Å². The number of fused-ring (bicyclic) bond motifs is 12. The van der Waals surface area contributed by atoms with Crippen molar-refractivity contribution in [2.24, 2.45) is 52.3 Å². The molecule has 27 heavy (non-hydrogen) atoms. The highest BCUT2D eigenvalue weighted by Gasteiger charge is 2.81. The van der Waals surface area contributed by atoms with Crippen molar-refractivity contribution in [2.75, 3.05) is 0 Å². The van der Waals surface area contributed by atoms with Crippen LogP contribution in [0.2, 0.25) is 0 Å². The number of carbonyl (C=O) groups excluding carboxylic acids is 2. The minimum Gasteiger partial charge on any atom is -0.458 e. The van der Waals surface area contributed by atoms with Gasteiger partial charge in [-0.1, -0.05) is 19.4 Å². The summed E-state index contributed by atoms with van der Waals surface area (Å²) < 4.78 is 6.22. The second kappa shape index (κ2) is 4.39. The summed E-state index contributed by atoms with van der Waals surface area (Å²) >= 11 is 0. The second-order valence-electron chi connectivity index (χ2n) is 11.5. The van der Waals surface area contributed by atoms with Gasteiger partial charge in [-0.05, 0) is 85.5 Å². The van der Waals surface area contributed by atoms with Gasteiger partial charge in [-0.25, -0.2) is 0 Å². The highest BCUT2D eigenvalue weighted by molar-refractivity contribution is 5.92. The minimum absolute atomic E-state index is 0.0561. The molecule has 144 valence electrons. The largest absolute Gasteiger partial charge is 0.458 e. The van der Waals surface area contributed by atoms with Crippen molar-refractivity contribution in [3.63, 3.8) is 0 Å². The van der Waals surface area contributed by atoms with Gasteiger partial charge in [-0.15, -0.1) is 0 Å². The average Bonchev–Trinajstić information content (AvgIpc) is 3.53. The lowest BCUT2D eigenvalue weighted by atomic mass is 9.45. The average molecular weight is 367 g/mol. The molecule has 3 heteroatoms. The molecule has 0 radical (unpaired) electrons. The van der Waals surface area contributed by atoms with E-state index < -0.39 is 0 Å². The molecule has 1 heterocycles. The van der Waals surface area contributed by atoms with Crippen LogP contribution in [0.4, 0.5) is 0 Å². The van der Waals surface area contributed by atoms with Crippen LogP contribution < -0.4 is 0 Å². The molecule has 1 spiro atoms. The van der Waals surface area contributed by atoms with Crippen molar-refractivity contribution < 1.29 is 14.3 Å². The number of allylic oxidation sites excluding steroid dienone is 1. The van der Waals surface area contributed by atoms with Crippen LogP contribution in [0.5, 0.6) is 0 Å². The monoisotopic (exact) mass is 366 g/mol. The van der Waals surface area contributed by atoms with Gasteiger partial charge in [0, 0.05) is 24.2 Å². The summed E-state index contributed by atoms with van der Waals surface area (Å²) in [6, 6.07) is 0. The van der Waals surface area contributed by atoms with E-state index in [0.717, 1.165) is 48.9 Å². The van der Waals surface area contributed by atoms with Crippen LogP contribution in [0, 0.1) is 52.3 Å². The molecule has 7 aliphatic rings. The number of carbonyl (C=O) groups is 2. The van der Waals surface area contributed by atoms with E-state index in [9.17, 15) is 9.59 Å². The van der Waals surface area contributed by atoms with Gasteiger partial charge >= 0.3 is 5.97 Å². The van der Waals surface area contributed by atoms with Crippen molar-refractivity contribution in [1.82, 2.24) is 0 Å². The van der Waals surface area contributed by atoms with Gasteiger partial charge in [0.1, 0.15) is 5.60 Å². The molecule has 7 rings (SSSR count). The van der Waals surface area contributed by atoms with Crippen molar-refractivity contribution in [2.45, 2.75) is 70.8 Å². The number of hydrogen-bond acceptors (Lipinski definition) is 3. The Hall–Kier alpha value is -1.12. The second-order valence-corrected chi connectivity index (χ2v) is 11.5. The number of hydrogen-bond donors (Lipinski definition) is 0. The van der Waals surface area contributed by atoms with E-state index in [1.807, 2.05) is 0 Å². The molecule has 10 atom stereocenters. The minimum atomic E-state index is -0.131. The van der Waals surface area contributed by atoms with E-state index in [4.69, 9.17) is 4.74 Å². The Morgan fingerprint density at radius 1 is 1.00 bits per heavy atom. The molecule has 0 aromatic heterocycles. The summed E-state index contributed by atoms with van der Waals surface area (Å²) in [5.41, 5.74) is 1.85. The molecule has 0 N–H and O–H groups in total. The van der Waals surface area contributed by atoms with Gasteiger partial charge in [0.15, 0.2) is 5.78 Å². The molecule has 0 aromatic rings. The Bertz CT molecular complexity index is 827. The quantitative estimate of drug-likeness (QED) is 0.600. The van der Waals surface area contributed by atoms with Crippen molar-refractivity contribution in [1.29, 1.82) is 0 Å². The molecular formula is C24H30O3. The lowest BCUT2D eigenvalue weighted by Gasteiger charge is -2.60. The van der Waals surface area contributed by atoms with Gasteiger partial charge in [-0.2, -0.15) is 0 Å². The van der Waals surface area contributed by atoms with E-state index in [1.54, 1.807) is 0 Å². The maximum Gasteiger partial charge on any atom is 0.306 e. The molecule has 0 aromatic carbocycles. The van der Waals surface area contributed by atoms with E-state index in [1.165, 1.54) is 31.3 Å². The molecule has 5 saturated carbocycles. The van der Waals surface area contributed by atoms with E-state index in [-0.39, 0.29) is 22.4 Å². The zero-order valence-corrected chi connectivity index (χ0v) is 16.5. The molecule has 6 fully saturated rings. The van der Waals surface area contributed by atoms with E-state index in [0.29, 0.717) is 24.0 Å². The van der Waals surface area contributed by atoms with Crippen LogP contribution in [0.3, 0.4) is 0 Å². The summed E-state index contributed by atoms with van der Waals surface area (Å²) in [5, 5.41) is 0. The standard InChI is InChI=1S/C24H30O3/c1-22-6-3-12(25)9-17(22)13-10-14(13)20-16(22)4-7-23(2)21(20)15-11-18(15)24(23)8-5-19(26)27-24/h9,13-16,18,20-21H,3-8,10-11H2,1-2H3/t13-,14+,15-,16-,18+,20+,21-,22+,23-,24-/m0/s1. The van der Waals surface area contributed by atoms with Gasteiger partial charge in [-0.3, -0.25) is 9.59 Å². The van der Waals surface area contributed by atoms with Crippen LogP contribution in [0.1, 0.15) is 65.2 Å². The third-order valence-electron chi connectivity index (χ3n) is 10.9. The Balaban J connectivity index is 1.33. The normalized spacial score (nSPS) is 62.0. The first-order chi connectivity index (χ1) is 12.9. The van der Waals surface area contributed by atoms with Crippen molar-refractivity contribution >= 4 is 11.8 Å². The molecule has 0 unspecified atom stereocenters. The van der Waals surface area contributed by atoms with Crippen LogP contribution in [-0.4, -0.2) is 17.4 Å². The topological polar surface area (TPSA) is 43.4 Å². The first kappa shape index (κ1) is 15.8. The van der Waals surface area contributed by atoms with Crippen LogP contribution in [0.25, 0.3) is 0 Å². The summed E-state index contributed by atoms with van der Waals surface area (Å²) in [4.78, 5) is 24.3. The fraction of sp³-hybridized carbons (Fsp3) is 0.833. The zero-order valence-electron chi connectivity index (χ0n) is 16.5. The highest BCUT2D eigenvalue weighted by atomic mass is 16.6. The fourth-order valence-electron chi connectivity index (χ4n) is 9.74. The third kappa shape index (κ3) is 1.58. The summed E-state index contributed by atoms with van der Waals surface area (Å²) in [6.45, 7) is 4.99. The first-order valence-electron chi connectivity index (χ1n) is 11.4. The number of ketones is 1. The molecule has 0 bridgehead atoms. The number of ether oxygens (including phenoxy) is 1. The smallest absolute Gasteiger partial charge is 0.306 e.